The Labute approximate surface area is 108 Å². The highest BCUT2D eigenvalue weighted by atomic mass is 15.3. The van der Waals surface area contributed by atoms with Gasteiger partial charge in [0, 0.05) is 43.2 Å². The van der Waals surface area contributed by atoms with E-state index in [1.165, 1.54) is 5.56 Å². The standard InChI is InChI=1S/C13H21N5/c1-4-11(3)18-7-6-13(16-18)14-8-12-9-15-17(5-2)10-12/h6-7,9-11H,4-5,8H2,1-3H3,(H,14,16)/t11-/m1/s1. The molecule has 2 heterocycles. The summed E-state index contributed by atoms with van der Waals surface area (Å²) in [7, 11) is 0. The van der Waals surface area contributed by atoms with E-state index in [1.54, 1.807) is 0 Å². The number of hydrogen-bond donors (Lipinski definition) is 1. The number of anilines is 1. The van der Waals surface area contributed by atoms with Gasteiger partial charge in [0.15, 0.2) is 0 Å². The van der Waals surface area contributed by atoms with Gasteiger partial charge in [-0.1, -0.05) is 6.92 Å². The van der Waals surface area contributed by atoms with E-state index < -0.39 is 0 Å². The van der Waals surface area contributed by atoms with Crippen LogP contribution in [-0.2, 0) is 13.1 Å². The third kappa shape index (κ3) is 2.91. The summed E-state index contributed by atoms with van der Waals surface area (Å²) >= 11 is 0. The van der Waals surface area contributed by atoms with Crippen molar-refractivity contribution in [3.63, 3.8) is 0 Å². The number of nitrogens with zero attached hydrogens (tertiary/aromatic N) is 4. The molecular weight excluding hydrogens is 226 g/mol. The Kier molecular flexibility index (Phi) is 4.02. The molecular formula is C13H21N5. The van der Waals surface area contributed by atoms with Crippen molar-refractivity contribution >= 4 is 5.82 Å². The minimum Gasteiger partial charge on any atom is -0.364 e. The van der Waals surface area contributed by atoms with Gasteiger partial charge in [0.1, 0.15) is 5.82 Å². The van der Waals surface area contributed by atoms with Crippen molar-refractivity contribution in [1.82, 2.24) is 19.6 Å². The summed E-state index contributed by atoms with van der Waals surface area (Å²) in [6.07, 6.45) is 7.05. The smallest absolute Gasteiger partial charge is 0.148 e. The molecule has 0 unspecified atom stereocenters. The highest BCUT2D eigenvalue weighted by Gasteiger charge is 2.04. The van der Waals surface area contributed by atoms with Gasteiger partial charge in [-0.3, -0.25) is 9.36 Å². The molecule has 2 rings (SSSR count). The lowest BCUT2D eigenvalue weighted by Gasteiger charge is -2.08. The maximum absolute atomic E-state index is 4.50. The first-order valence-electron chi connectivity index (χ1n) is 6.53. The van der Waals surface area contributed by atoms with Crippen LogP contribution in [0.4, 0.5) is 5.82 Å². The molecule has 2 aromatic heterocycles. The maximum Gasteiger partial charge on any atom is 0.148 e. The molecule has 18 heavy (non-hydrogen) atoms. The molecule has 5 nitrogen and oxygen atoms in total. The molecule has 0 saturated heterocycles. The van der Waals surface area contributed by atoms with E-state index in [0.717, 1.165) is 25.3 Å². The minimum absolute atomic E-state index is 0.448. The Bertz CT molecular complexity index is 485. The van der Waals surface area contributed by atoms with Crippen molar-refractivity contribution in [2.24, 2.45) is 0 Å². The molecule has 5 heteroatoms. The molecule has 98 valence electrons. The molecule has 0 fully saturated rings. The molecule has 1 N–H and O–H groups in total. The minimum atomic E-state index is 0.448. The van der Waals surface area contributed by atoms with Crippen LogP contribution in [0.1, 0.15) is 38.8 Å². The van der Waals surface area contributed by atoms with Crippen molar-refractivity contribution in [3.05, 3.63) is 30.2 Å². The fourth-order valence-corrected chi connectivity index (χ4v) is 1.73. The number of aryl methyl sites for hydroxylation is 1. The topological polar surface area (TPSA) is 47.7 Å². The Hall–Kier alpha value is -1.78. The lowest BCUT2D eigenvalue weighted by molar-refractivity contribution is 0.479. The summed E-state index contributed by atoms with van der Waals surface area (Å²) in [6, 6.07) is 2.46. The van der Waals surface area contributed by atoms with Crippen molar-refractivity contribution in [2.75, 3.05) is 5.32 Å². The molecule has 0 aliphatic rings. The van der Waals surface area contributed by atoms with Gasteiger partial charge in [0.05, 0.1) is 6.20 Å². The van der Waals surface area contributed by atoms with Gasteiger partial charge >= 0.3 is 0 Å². The van der Waals surface area contributed by atoms with Crippen LogP contribution in [0.15, 0.2) is 24.7 Å². The van der Waals surface area contributed by atoms with Crippen molar-refractivity contribution in [3.8, 4) is 0 Å². The second-order valence-corrected chi connectivity index (χ2v) is 4.50. The van der Waals surface area contributed by atoms with Crippen molar-refractivity contribution in [1.29, 1.82) is 0 Å². The highest BCUT2D eigenvalue weighted by molar-refractivity contribution is 5.33. The number of rotatable bonds is 6. The van der Waals surface area contributed by atoms with Gasteiger partial charge in [-0.25, -0.2) is 0 Å². The van der Waals surface area contributed by atoms with E-state index in [9.17, 15) is 0 Å². The largest absolute Gasteiger partial charge is 0.364 e. The highest BCUT2D eigenvalue weighted by Crippen LogP contribution is 2.12. The van der Waals surface area contributed by atoms with Crippen LogP contribution in [0.2, 0.25) is 0 Å². The average molecular weight is 247 g/mol. The van der Waals surface area contributed by atoms with Crippen LogP contribution in [-0.4, -0.2) is 19.6 Å². The monoisotopic (exact) mass is 247 g/mol. The zero-order valence-electron chi connectivity index (χ0n) is 11.3. The number of hydrogen-bond acceptors (Lipinski definition) is 3. The Morgan fingerprint density at radius 3 is 2.89 bits per heavy atom. The molecule has 0 amide bonds. The first-order chi connectivity index (χ1) is 8.72. The second kappa shape index (κ2) is 5.71. The van der Waals surface area contributed by atoms with E-state index >= 15 is 0 Å². The molecule has 0 aromatic carbocycles. The van der Waals surface area contributed by atoms with Crippen LogP contribution in [0, 0.1) is 0 Å². The molecule has 0 bridgehead atoms. The van der Waals surface area contributed by atoms with Crippen molar-refractivity contribution < 1.29 is 0 Å². The first-order valence-corrected chi connectivity index (χ1v) is 6.53. The maximum atomic E-state index is 4.50. The molecule has 0 aliphatic heterocycles. The lowest BCUT2D eigenvalue weighted by atomic mass is 10.3. The summed E-state index contributed by atoms with van der Waals surface area (Å²) < 4.78 is 3.92. The van der Waals surface area contributed by atoms with Crippen LogP contribution in [0.5, 0.6) is 0 Å². The summed E-state index contributed by atoms with van der Waals surface area (Å²) in [5.74, 6) is 0.916. The Morgan fingerprint density at radius 2 is 2.22 bits per heavy atom. The average Bonchev–Trinajstić information content (AvgIpc) is 3.04. The van der Waals surface area contributed by atoms with E-state index in [4.69, 9.17) is 0 Å². The summed E-state index contributed by atoms with van der Waals surface area (Å²) in [5, 5.41) is 12.1. The zero-order valence-corrected chi connectivity index (χ0v) is 11.3. The molecule has 1 atom stereocenters. The molecule has 0 radical (unpaired) electrons. The van der Waals surface area contributed by atoms with Gasteiger partial charge < -0.3 is 5.32 Å². The van der Waals surface area contributed by atoms with Gasteiger partial charge in [-0.05, 0) is 20.3 Å². The van der Waals surface area contributed by atoms with Crippen LogP contribution in [0.3, 0.4) is 0 Å². The van der Waals surface area contributed by atoms with E-state index in [1.807, 2.05) is 27.8 Å². The van der Waals surface area contributed by atoms with Gasteiger partial charge in [-0.2, -0.15) is 10.2 Å². The van der Waals surface area contributed by atoms with E-state index in [0.29, 0.717) is 6.04 Å². The number of nitrogens with one attached hydrogen (secondary N) is 1. The molecule has 0 aliphatic carbocycles. The fourth-order valence-electron chi connectivity index (χ4n) is 1.73. The first kappa shape index (κ1) is 12.7. The van der Waals surface area contributed by atoms with Gasteiger partial charge in [0.2, 0.25) is 0 Å². The van der Waals surface area contributed by atoms with Gasteiger partial charge in [-0.15, -0.1) is 0 Å². The summed E-state index contributed by atoms with van der Waals surface area (Å²) in [6.45, 7) is 8.08. The Balaban J connectivity index is 1.91. The van der Waals surface area contributed by atoms with Crippen LogP contribution in [0.25, 0.3) is 0 Å². The third-order valence-corrected chi connectivity index (χ3v) is 3.14. The van der Waals surface area contributed by atoms with Crippen LogP contribution >= 0.6 is 0 Å². The molecule has 0 spiro atoms. The zero-order chi connectivity index (χ0) is 13.0. The third-order valence-electron chi connectivity index (χ3n) is 3.14. The predicted molar refractivity (Wildman–Crippen MR) is 72.5 cm³/mol. The van der Waals surface area contributed by atoms with Crippen LogP contribution < -0.4 is 5.32 Å². The summed E-state index contributed by atoms with van der Waals surface area (Å²) in [5.41, 5.74) is 1.18. The molecule has 0 saturated carbocycles. The molecule has 2 aromatic rings. The van der Waals surface area contributed by atoms with Gasteiger partial charge in [0.25, 0.3) is 0 Å². The quantitative estimate of drug-likeness (QED) is 0.853. The predicted octanol–water partition coefficient (Wildman–Crippen LogP) is 2.68. The van der Waals surface area contributed by atoms with E-state index in [2.05, 4.69) is 42.5 Å². The SMILES string of the molecule is CC[C@@H](C)n1ccc(NCc2cnn(CC)c2)n1. The fraction of sp³-hybridized carbons (Fsp3) is 0.538. The summed E-state index contributed by atoms with van der Waals surface area (Å²) in [4.78, 5) is 0. The second-order valence-electron chi connectivity index (χ2n) is 4.50. The Morgan fingerprint density at radius 1 is 1.39 bits per heavy atom. The normalized spacial score (nSPS) is 12.6. The van der Waals surface area contributed by atoms with Crippen molar-refractivity contribution in [2.45, 2.75) is 46.3 Å². The lowest BCUT2D eigenvalue weighted by Crippen LogP contribution is -2.06. The van der Waals surface area contributed by atoms with E-state index in [-0.39, 0.29) is 0 Å². The number of aromatic nitrogens is 4.